The lowest BCUT2D eigenvalue weighted by Gasteiger charge is -2.11. The first kappa shape index (κ1) is 15.9. The van der Waals surface area contributed by atoms with Gasteiger partial charge in [-0.05, 0) is 37.6 Å². The molecule has 1 aromatic heterocycles. The number of aromatic nitrogens is 2. The molecule has 1 aromatic carbocycles. The zero-order valence-electron chi connectivity index (χ0n) is 12.6. The number of aryl methyl sites for hydroxylation is 1. The Balaban J connectivity index is 1.84. The molecular formula is C16H22ClN3O. The van der Waals surface area contributed by atoms with Gasteiger partial charge in [0.05, 0.1) is 11.6 Å². The van der Waals surface area contributed by atoms with E-state index in [0.717, 1.165) is 37.6 Å². The normalized spacial score (nSPS) is 10.8. The molecule has 4 nitrogen and oxygen atoms in total. The van der Waals surface area contributed by atoms with Crippen molar-refractivity contribution in [2.75, 3.05) is 13.2 Å². The van der Waals surface area contributed by atoms with Gasteiger partial charge in [0.25, 0.3) is 0 Å². The molecule has 1 N–H and O–H groups in total. The second-order valence-electron chi connectivity index (χ2n) is 4.96. The van der Waals surface area contributed by atoms with Crippen LogP contribution < -0.4 is 10.1 Å². The summed E-state index contributed by atoms with van der Waals surface area (Å²) < 4.78 is 7.80. The van der Waals surface area contributed by atoms with Crippen LogP contribution in [0.25, 0.3) is 0 Å². The van der Waals surface area contributed by atoms with Crippen LogP contribution in [-0.2, 0) is 13.1 Å². The van der Waals surface area contributed by atoms with Gasteiger partial charge >= 0.3 is 0 Å². The smallest absolute Gasteiger partial charge is 0.137 e. The third-order valence-corrected chi connectivity index (χ3v) is 3.56. The van der Waals surface area contributed by atoms with E-state index in [2.05, 4.69) is 21.8 Å². The topological polar surface area (TPSA) is 39.1 Å². The Hall–Kier alpha value is -1.52. The molecule has 0 radical (unpaired) electrons. The van der Waals surface area contributed by atoms with E-state index in [1.54, 1.807) is 6.20 Å². The molecule has 0 spiro atoms. The molecule has 0 aliphatic rings. The lowest BCUT2D eigenvalue weighted by molar-refractivity contribution is 0.297. The first-order valence-corrected chi connectivity index (χ1v) is 7.68. The van der Waals surface area contributed by atoms with Gasteiger partial charge in [-0.1, -0.05) is 24.6 Å². The molecule has 1 heterocycles. The first-order valence-electron chi connectivity index (χ1n) is 7.30. The van der Waals surface area contributed by atoms with Crippen molar-refractivity contribution in [2.24, 2.45) is 0 Å². The quantitative estimate of drug-likeness (QED) is 0.760. The molecule has 0 aliphatic carbocycles. The van der Waals surface area contributed by atoms with E-state index >= 15 is 0 Å². The molecule has 21 heavy (non-hydrogen) atoms. The number of hydrogen-bond acceptors (Lipinski definition) is 3. The molecule has 0 atom stereocenters. The monoisotopic (exact) mass is 307 g/mol. The number of nitrogens with one attached hydrogen (secondary N) is 1. The lowest BCUT2D eigenvalue weighted by Crippen LogP contribution is -2.13. The summed E-state index contributed by atoms with van der Waals surface area (Å²) in [6, 6.07) is 5.94. The van der Waals surface area contributed by atoms with Crippen molar-refractivity contribution in [2.45, 2.75) is 33.4 Å². The summed E-state index contributed by atoms with van der Waals surface area (Å²) >= 11 is 6.26. The molecule has 2 aromatic rings. The van der Waals surface area contributed by atoms with Crippen LogP contribution in [0.3, 0.4) is 0 Å². The summed E-state index contributed by atoms with van der Waals surface area (Å²) in [6.45, 7) is 7.32. The predicted octanol–water partition coefficient (Wildman–Crippen LogP) is 3.42. The number of ether oxygens (including phenoxy) is 1. The predicted molar refractivity (Wildman–Crippen MR) is 85.9 cm³/mol. The molecule has 0 aliphatic heterocycles. The van der Waals surface area contributed by atoms with Gasteiger partial charge in [-0.25, -0.2) is 4.98 Å². The molecular weight excluding hydrogens is 286 g/mol. The number of imidazole rings is 1. The summed E-state index contributed by atoms with van der Waals surface area (Å²) in [4.78, 5) is 4.18. The zero-order chi connectivity index (χ0) is 15.1. The molecule has 0 unspecified atom stereocenters. The van der Waals surface area contributed by atoms with Crippen molar-refractivity contribution in [1.29, 1.82) is 0 Å². The number of benzene rings is 1. The van der Waals surface area contributed by atoms with Crippen LogP contribution in [0.1, 0.15) is 24.7 Å². The molecule has 0 saturated carbocycles. The van der Waals surface area contributed by atoms with Crippen molar-refractivity contribution in [3.05, 3.63) is 47.0 Å². The van der Waals surface area contributed by atoms with Crippen LogP contribution in [0.2, 0.25) is 5.02 Å². The van der Waals surface area contributed by atoms with Crippen LogP contribution in [0, 0.1) is 6.92 Å². The highest BCUT2D eigenvalue weighted by Crippen LogP contribution is 2.25. The highest BCUT2D eigenvalue weighted by atomic mass is 35.5. The lowest BCUT2D eigenvalue weighted by atomic mass is 10.2. The van der Waals surface area contributed by atoms with Gasteiger partial charge in [-0.15, -0.1) is 0 Å². The molecule has 0 bridgehead atoms. The van der Waals surface area contributed by atoms with Crippen LogP contribution in [0.5, 0.6) is 5.75 Å². The van der Waals surface area contributed by atoms with Crippen LogP contribution in [0.15, 0.2) is 30.6 Å². The largest absolute Gasteiger partial charge is 0.490 e. The Morgan fingerprint density at radius 2 is 2.24 bits per heavy atom. The minimum atomic E-state index is 0.574. The van der Waals surface area contributed by atoms with E-state index in [-0.39, 0.29) is 0 Å². The molecule has 5 heteroatoms. The number of hydrogen-bond donors (Lipinski definition) is 1. The summed E-state index contributed by atoms with van der Waals surface area (Å²) in [5, 5.41) is 4.02. The molecule has 0 fully saturated rings. The maximum absolute atomic E-state index is 6.26. The highest BCUT2D eigenvalue weighted by molar-refractivity contribution is 6.32. The van der Waals surface area contributed by atoms with Gasteiger partial charge in [0.2, 0.25) is 0 Å². The molecule has 114 valence electrons. The van der Waals surface area contributed by atoms with Gasteiger partial charge in [0.1, 0.15) is 18.2 Å². The second-order valence-corrected chi connectivity index (χ2v) is 5.37. The number of rotatable bonds is 8. The molecule has 0 amide bonds. The standard InChI is InChI=1S/C16H22ClN3O/c1-3-6-18-12-14-4-5-16(15(17)11-14)21-10-9-20-8-7-19-13(20)2/h4-5,7-8,11,18H,3,6,9-10,12H2,1-2H3. The van der Waals surface area contributed by atoms with Crippen LogP contribution >= 0.6 is 11.6 Å². The van der Waals surface area contributed by atoms with Gasteiger partial charge in [-0.3, -0.25) is 0 Å². The van der Waals surface area contributed by atoms with Crippen LogP contribution in [0.4, 0.5) is 0 Å². The summed E-state index contributed by atoms with van der Waals surface area (Å²) in [6.07, 6.45) is 4.87. The van der Waals surface area contributed by atoms with E-state index < -0.39 is 0 Å². The summed E-state index contributed by atoms with van der Waals surface area (Å²) in [5.41, 5.74) is 1.17. The Labute approximate surface area is 131 Å². The number of nitrogens with zero attached hydrogens (tertiary/aromatic N) is 2. The molecule has 0 saturated heterocycles. The Morgan fingerprint density at radius 1 is 1.38 bits per heavy atom. The minimum absolute atomic E-state index is 0.574. The number of halogens is 1. The van der Waals surface area contributed by atoms with E-state index in [4.69, 9.17) is 16.3 Å². The van der Waals surface area contributed by atoms with Crippen LogP contribution in [-0.4, -0.2) is 22.7 Å². The third kappa shape index (κ3) is 4.76. The van der Waals surface area contributed by atoms with Gasteiger partial charge in [0.15, 0.2) is 0 Å². The van der Waals surface area contributed by atoms with Crippen molar-refractivity contribution in [3.8, 4) is 5.75 Å². The Morgan fingerprint density at radius 3 is 2.90 bits per heavy atom. The average molecular weight is 308 g/mol. The average Bonchev–Trinajstić information content (AvgIpc) is 2.87. The van der Waals surface area contributed by atoms with Gasteiger partial charge in [-0.2, -0.15) is 0 Å². The van der Waals surface area contributed by atoms with Crippen molar-refractivity contribution >= 4 is 11.6 Å². The SMILES string of the molecule is CCCNCc1ccc(OCCn2ccnc2C)c(Cl)c1. The van der Waals surface area contributed by atoms with Crippen molar-refractivity contribution in [1.82, 2.24) is 14.9 Å². The first-order chi connectivity index (χ1) is 10.2. The van der Waals surface area contributed by atoms with E-state index in [1.165, 1.54) is 5.56 Å². The van der Waals surface area contributed by atoms with E-state index in [1.807, 2.05) is 31.3 Å². The minimum Gasteiger partial charge on any atom is -0.490 e. The summed E-state index contributed by atoms with van der Waals surface area (Å²) in [7, 11) is 0. The van der Waals surface area contributed by atoms with Crippen molar-refractivity contribution in [3.63, 3.8) is 0 Å². The third-order valence-electron chi connectivity index (χ3n) is 3.27. The van der Waals surface area contributed by atoms with Gasteiger partial charge in [0, 0.05) is 18.9 Å². The van der Waals surface area contributed by atoms with E-state index in [9.17, 15) is 0 Å². The van der Waals surface area contributed by atoms with Gasteiger partial charge < -0.3 is 14.6 Å². The maximum Gasteiger partial charge on any atom is 0.137 e. The van der Waals surface area contributed by atoms with Crippen molar-refractivity contribution < 1.29 is 4.74 Å². The second kappa shape index (κ2) is 8.05. The van der Waals surface area contributed by atoms with E-state index in [0.29, 0.717) is 11.6 Å². The fourth-order valence-corrected chi connectivity index (χ4v) is 2.33. The highest BCUT2D eigenvalue weighted by Gasteiger charge is 2.04. The zero-order valence-corrected chi connectivity index (χ0v) is 13.4. The fraction of sp³-hybridized carbons (Fsp3) is 0.438. The maximum atomic E-state index is 6.26. The fourth-order valence-electron chi connectivity index (χ4n) is 2.07. The summed E-state index contributed by atoms with van der Waals surface area (Å²) in [5.74, 6) is 1.72. The Kier molecular flexibility index (Phi) is 6.08. The Bertz CT molecular complexity index is 568. The molecule has 2 rings (SSSR count).